The number of benzene rings is 1. The Morgan fingerprint density at radius 2 is 2.05 bits per heavy atom. The highest BCUT2D eigenvalue weighted by molar-refractivity contribution is 6.32. The summed E-state index contributed by atoms with van der Waals surface area (Å²) in [7, 11) is 1.32. The van der Waals surface area contributed by atoms with E-state index in [1.807, 2.05) is 0 Å². The molecule has 0 atom stereocenters. The molecule has 5 nitrogen and oxygen atoms in total. The number of hydrogen-bond donors (Lipinski definition) is 1. The van der Waals surface area contributed by atoms with E-state index in [0.717, 1.165) is 0 Å². The topological polar surface area (TPSA) is 74.4 Å². The number of carbonyl (C=O) groups excluding carboxylic acids is 1. The number of halogens is 1. The van der Waals surface area contributed by atoms with Crippen molar-refractivity contribution in [3.05, 3.63) is 46.6 Å². The highest BCUT2D eigenvalue weighted by Crippen LogP contribution is 2.30. The molecular formula is C14H13ClN2O3. The number of hydrogen-bond acceptors (Lipinski definition) is 5. The number of aromatic nitrogens is 1. The van der Waals surface area contributed by atoms with Gasteiger partial charge in [0, 0.05) is 17.8 Å². The first-order valence-electron chi connectivity index (χ1n) is 5.80. The monoisotopic (exact) mass is 292 g/mol. The molecule has 0 bridgehead atoms. The molecule has 0 unspecified atom stereocenters. The molecule has 0 saturated heterocycles. The van der Waals surface area contributed by atoms with Crippen LogP contribution in [-0.2, 0) is 4.74 Å². The van der Waals surface area contributed by atoms with Gasteiger partial charge < -0.3 is 15.2 Å². The van der Waals surface area contributed by atoms with Gasteiger partial charge in [0.2, 0.25) is 5.88 Å². The summed E-state index contributed by atoms with van der Waals surface area (Å²) in [6, 6.07) is 8.08. The van der Waals surface area contributed by atoms with Gasteiger partial charge in [-0.2, -0.15) is 0 Å². The Morgan fingerprint density at radius 1 is 1.30 bits per heavy atom. The van der Waals surface area contributed by atoms with Crippen molar-refractivity contribution in [1.82, 2.24) is 4.98 Å². The number of pyridine rings is 1. The van der Waals surface area contributed by atoms with Crippen molar-refractivity contribution >= 4 is 23.3 Å². The van der Waals surface area contributed by atoms with Crippen LogP contribution in [0.1, 0.15) is 16.1 Å². The number of aryl methyl sites for hydroxylation is 1. The van der Waals surface area contributed by atoms with Crippen LogP contribution in [0.15, 0.2) is 30.3 Å². The Morgan fingerprint density at radius 3 is 2.70 bits per heavy atom. The largest absolute Gasteiger partial charge is 0.465 e. The quantitative estimate of drug-likeness (QED) is 0.694. The molecule has 20 heavy (non-hydrogen) atoms. The lowest BCUT2D eigenvalue weighted by Gasteiger charge is -2.09. The second kappa shape index (κ2) is 5.79. The second-order valence-electron chi connectivity index (χ2n) is 4.07. The molecule has 1 heterocycles. The van der Waals surface area contributed by atoms with Gasteiger partial charge in [-0.15, -0.1) is 0 Å². The summed E-state index contributed by atoms with van der Waals surface area (Å²) >= 11 is 6.01. The van der Waals surface area contributed by atoms with Crippen LogP contribution in [0, 0.1) is 6.92 Å². The highest BCUT2D eigenvalue weighted by Gasteiger charge is 2.12. The lowest BCUT2D eigenvalue weighted by molar-refractivity contribution is 0.0599. The zero-order valence-electron chi connectivity index (χ0n) is 11.0. The third-order valence-corrected chi connectivity index (χ3v) is 2.95. The smallest absolute Gasteiger partial charge is 0.339 e. The van der Waals surface area contributed by atoms with Gasteiger partial charge in [-0.25, -0.2) is 9.78 Å². The van der Waals surface area contributed by atoms with E-state index in [2.05, 4.69) is 9.72 Å². The van der Waals surface area contributed by atoms with E-state index in [-0.39, 0.29) is 0 Å². The minimum Gasteiger partial charge on any atom is -0.465 e. The summed E-state index contributed by atoms with van der Waals surface area (Å²) in [6.45, 7) is 1.69. The van der Waals surface area contributed by atoms with Gasteiger partial charge >= 0.3 is 5.97 Å². The molecule has 0 fully saturated rings. The summed E-state index contributed by atoms with van der Waals surface area (Å²) in [5.74, 6) is 0.288. The molecule has 6 heteroatoms. The molecule has 0 aliphatic rings. The summed E-state index contributed by atoms with van der Waals surface area (Å²) in [5, 5.41) is 0.427. The Labute approximate surface area is 121 Å². The van der Waals surface area contributed by atoms with E-state index in [0.29, 0.717) is 33.6 Å². The summed E-state index contributed by atoms with van der Waals surface area (Å²) in [5.41, 5.74) is 7.10. The lowest BCUT2D eigenvalue weighted by Crippen LogP contribution is -2.05. The SMILES string of the molecule is COC(=O)c1ccc(Oc2cc(N)ccc2Cl)nc1C. The number of nitrogen functional groups attached to an aromatic ring is 1. The van der Waals surface area contributed by atoms with E-state index in [4.69, 9.17) is 22.1 Å². The van der Waals surface area contributed by atoms with E-state index in [1.54, 1.807) is 37.3 Å². The van der Waals surface area contributed by atoms with Crippen LogP contribution in [0.3, 0.4) is 0 Å². The van der Waals surface area contributed by atoms with E-state index in [9.17, 15) is 4.79 Å². The number of nitrogens with zero attached hydrogens (tertiary/aromatic N) is 1. The van der Waals surface area contributed by atoms with Gasteiger partial charge in [0.15, 0.2) is 0 Å². The maximum absolute atomic E-state index is 11.5. The molecule has 0 aliphatic carbocycles. The average Bonchev–Trinajstić information content (AvgIpc) is 2.42. The van der Waals surface area contributed by atoms with Gasteiger partial charge in [-0.3, -0.25) is 0 Å². The number of anilines is 1. The molecule has 0 spiro atoms. The van der Waals surface area contributed by atoms with Gasteiger partial charge in [0.25, 0.3) is 0 Å². The standard InChI is InChI=1S/C14H13ClN2O3/c1-8-10(14(18)19-2)4-6-13(17-8)20-12-7-9(16)3-5-11(12)15/h3-7H,16H2,1-2H3. The Bertz CT molecular complexity index is 659. The van der Waals surface area contributed by atoms with Crippen molar-refractivity contribution in [2.24, 2.45) is 0 Å². The first kappa shape index (κ1) is 14.1. The molecule has 1 aromatic heterocycles. The van der Waals surface area contributed by atoms with Crippen molar-refractivity contribution in [1.29, 1.82) is 0 Å². The van der Waals surface area contributed by atoms with Crippen molar-refractivity contribution in [3.8, 4) is 11.6 Å². The van der Waals surface area contributed by atoms with Crippen LogP contribution in [-0.4, -0.2) is 18.1 Å². The van der Waals surface area contributed by atoms with Gasteiger partial charge in [-0.05, 0) is 25.1 Å². The molecule has 1 aromatic carbocycles. The predicted octanol–water partition coefficient (Wildman–Crippen LogP) is 3.20. The molecular weight excluding hydrogens is 280 g/mol. The number of ether oxygens (including phenoxy) is 2. The second-order valence-corrected chi connectivity index (χ2v) is 4.47. The molecule has 104 valence electrons. The third kappa shape index (κ3) is 3.00. The number of esters is 1. The van der Waals surface area contributed by atoms with Gasteiger partial charge in [-0.1, -0.05) is 11.6 Å². The summed E-state index contributed by atoms with van der Waals surface area (Å²) < 4.78 is 10.2. The average molecular weight is 293 g/mol. The van der Waals surface area contributed by atoms with Crippen molar-refractivity contribution in [2.75, 3.05) is 12.8 Å². The van der Waals surface area contributed by atoms with Crippen LogP contribution in [0.4, 0.5) is 5.69 Å². The maximum atomic E-state index is 11.5. The normalized spacial score (nSPS) is 10.2. The molecule has 2 N–H and O–H groups in total. The molecule has 0 aliphatic heterocycles. The molecule has 2 rings (SSSR count). The molecule has 0 radical (unpaired) electrons. The number of methoxy groups -OCH3 is 1. The maximum Gasteiger partial charge on any atom is 0.339 e. The lowest BCUT2D eigenvalue weighted by atomic mass is 10.2. The number of carbonyl (C=O) groups is 1. The van der Waals surface area contributed by atoms with E-state index >= 15 is 0 Å². The van der Waals surface area contributed by atoms with Crippen LogP contribution < -0.4 is 10.5 Å². The van der Waals surface area contributed by atoms with Crippen molar-refractivity contribution in [3.63, 3.8) is 0 Å². The fraction of sp³-hybridized carbons (Fsp3) is 0.143. The molecule has 2 aromatic rings. The first-order valence-corrected chi connectivity index (χ1v) is 6.18. The molecule has 0 saturated carbocycles. The zero-order valence-corrected chi connectivity index (χ0v) is 11.8. The van der Waals surface area contributed by atoms with Crippen LogP contribution in [0.25, 0.3) is 0 Å². The van der Waals surface area contributed by atoms with Crippen LogP contribution in [0.5, 0.6) is 11.6 Å². The van der Waals surface area contributed by atoms with E-state index in [1.165, 1.54) is 7.11 Å². The Hall–Kier alpha value is -2.27. The summed E-state index contributed by atoms with van der Waals surface area (Å²) in [6.07, 6.45) is 0. The highest BCUT2D eigenvalue weighted by atomic mass is 35.5. The van der Waals surface area contributed by atoms with Crippen molar-refractivity contribution < 1.29 is 14.3 Å². The fourth-order valence-electron chi connectivity index (χ4n) is 1.63. The van der Waals surface area contributed by atoms with Crippen LogP contribution in [0.2, 0.25) is 5.02 Å². The minimum atomic E-state index is -0.441. The summed E-state index contributed by atoms with van der Waals surface area (Å²) in [4.78, 5) is 15.6. The Balaban J connectivity index is 2.29. The van der Waals surface area contributed by atoms with Gasteiger partial charge in [0.05, 0.1) is 23.4 Å². The van der Waals surface area contributed by atoms with Crippen molar-refractivity contribution in [2.45, 2.75) is 6.92 Å². The van der Waals surface area contributed by atoms with Crippen LogP contribution >= 0.6 is 11.6 Å². The Kier molecular flexibility index (Phi) is 4.10. The minimum absolute atomic E-state index is 0.322. The van der Waals surface area contributed by atoms with Gasteiger partial charge in [0.1, 0.15) is 5.75 Å². The zero-order chi connectivity index (χ0) is 14.7. The third-order valence-electron chi connectivity index (χ3n) is 2.64. The predicted molar refractivity (Wildman–Crippen MR) is 76.3 cm³/mol. The fourth-order valence-corrected chi connectivity index (χ4v) is 1.79. The number of rotatable bonds is 3. The first-order chi connectivity index (χ1) is 9.51. The molecule has 0 amide bonds. The van der Waals surface area contributed by atoms with E-state index < -0.39 is 5.97 Å². The number of nitrogens with two attached hydrogens (primary N) is 1.